The van der Waals surface area contributed by atoms with Crippen LogP contribution < -0.4 is 4.72 Å². The van der Waals surface area contributed by atoms with E-state index in [1.54, 1.807) is 30.3 Å². The summed E-state index contributed by atoms with van der Waals surface area (Å²) in [7, 11) is -3.78. The summed E-state index contributed by atoms with van der Waals surface area (Å²) >= 11 is 17.7. The molecule has 118 valence electrons. The number of sulfonamides is 1. The summed E-state index contributed by atoms with van der Waals surface area (Å²) in [5, 5.41) is 1.03. The Kier molecular flexibility index (Phi) is 5.75. The van der Waals surface area contributed by atoms with E-state index >= 15 is 0 Å². The Morgan fingerprint density at radius 2 is 1.59 bits per heavy atom. The Labute approximate surface area is 145 Å². The molecule has 2 aromatic carbocycles. The van der Waals surface area contributed by atoms with Crippen LogP contribution in [0.15, 0.2) is 47.4 Å². The van der Waals surface area contributed by atoms with Crippen molar-refractivity contribution >= 4 is 44.8 Å². The molecular weight excluding hydrogens is 365 g/mol. The monoisotopic (exact) mass is 377 g/mol. The normalized spacial score (nSPS) is 13.1. The fourth-order valence-corrected chi connectivity index (χ4v) is 4.21. The fraction of sp³-hybridized carbons (Fsp3) is 0.200. The standard InChI is InChI=1S/C15H14Cl3NO2S/c1-2-14(10-3-5-11(16)6-4-10)19-22(20,21)15-9-12(17)7-8-13(15)18/h3-9,14,19H,2H2,1H3/t14-/m0/s1. The molecule has 7 heteroatoms. The summed E-state index contributed by atoms with van der Waals surface area (Å²) in [4.78, 5) is -0.0333. The first-order valence-electron chi connectivity index (χ1n) is 6.56. The topological polar surface area (TPSA) is 46.2 Å². The van der Waals surface area contributed by atoms with Gasteiger partial charge in [-0.3, -0.25) is 0 Å². The molecule has 0 spiro atoms. The number of nitrogens with one attached hydrogen (secondary N) is 1. The van der Waals surface area contributed by atoms with Crippen LogP contribution in [0.25, 0.3) is 0 Å². The highest BCUT2D eigenvalue weighted by Crippen LogP contribution is 2.27. The van der Waals surface area contributed by atoms with Crippen LogP contribution in [0, 0.1) is 0 Å². The molecule has 2 rings (SSSR count). The van der Waals surface area contributed by atoms with E-state index in [9.17, 15) is 8.42 Å². The van der Waals surface area contributed by atoms with Gasteiger partial charge >= 0.3 is 0 Å². The smallest absolute Gasteiger partial charge is 0.207 e. The van der Waals surface area contributed by atoms with E-state index in [4.69, 9.17) is 34.8 Å². The minimum absolute atomic E-state index is 0.0333. The van der Waals surface area contributed by atoms with Gasteiger partial charge in [0.05, 0.1) is 5.02 Å². The van der Waals surface area contributed by atoms with Gasteiger partial charge in [0.1, 0.15) is 4.90 Å². The lowest BCUT2D eigenvalue weighted by Gasteiger charge is -2.18. The summed E-state index contributed by atoms with van der Waals surface area (Å²) < 4.78 is 27.7. The van der Waals surface area contributed by atoms with Crippen LogP contribution in [0.5, 0.6) is 0 Å². The fourth-order valence-electron chi connectivity index (χ4n) is 2.02. The third-order valence-electron chi connectivity index (χ3n) is 3.16. The van der Waals surface area contributed by atoms with Crippen molar-refractivity contribution in [3.05, 3.63) is 63.1 Å². The lowest BCUT2D eigenvalue weighted by atomic mass is 10.1. The number of hydrogen-bond acceptors (Lipinski definition) is 2. The lowest BCUT2D eigenvalue weighted by molar-refractivity contribution is 0.550. The van der Waals surface area contributed by atoms with Crippen LogP contribution in [0.2, 0.25) is 15.1 Å². The van der Waals surface area contributed by atoms with E-state index < -0.39 is 10.0 Å². The maximum absolute atomic E-state index is 12.5. The summed E-state index contributed by atoms with van der Waals surface area (Å²) in [6.45, 7) is 1.89. The second-order valence-corrected chi connectivity index (χ2v) is 7.67. The van der Waals surface area contributed by atoms with Crippen molar-refractivity contribution in [2.45, 2.75) is 24.3 Å². The molecule has 1 atom stereocenters. The molecule has 0 radical (unpaired) electrons. The first-order chi connectivity index (χ1) is 10.3. The summed E-state index contributed by atoms with van der Waals surface area (Å²) in [5.74, 6) is 0. The highest BCUT2D eigenvalue weighted by Gasteiger charge is 2.23. The van der Waals surface area contributed by atoms with E-state index in [2.05, 4.69) is 4.72 Å². The molecule has 0 aromatic heterocycles. The summed E-state index contributed by atoms with van der Waals surface area (Å²) in [6, 6.07) is 11.0. The minimum Gasteiger partial charge on any atom is -0.207 e. The van der Waals surface area contributed by atoms with Gasteiger partial charge in [-0.2, -0.15) is 0 Å². The van der Waals surface area contributed by atoms with Crippen molar-refractivity contribution in [1.82, 2.24) is 4.72 Å². The van der Waals surface area contributed by atoms with Crippen LogP contribution in [0.3, 0.4) is 0 Å². The van der Waals surface area contributed by atoms with Gasteiger partial charge in [-0.1, -0.05) is 53.9 Å². The molecule has 0 saturated heterocycles. The van der Waals surface area contributed by atoms with Gasteiger partial charge in [0.25, 0.3) is 0 Å². The van der Waals surface area contributed by atoms with Crippen molar-refractivity contribution in [2.75, 3.05) is 0 Å². The number of benzene rings is 2. The molecule has 0 aliphatic carbocycles. The first kappa shape index (κ1) is 17.6. The highest BCUT2D eigenvalue weighted by molar-refractivity contribution is 7.89. The van der Waals surface area contributed by atoms with Gasteiger partial charge in [-0.05, 0) is 42.3 Å². The average Bonchev–Trinajstić information content (AvgIpc) is 2.48. The quantitative estimate of drug-likeness (QED) is 0.789. The van der Waals surface area contributed by atoms with Crippen molar-refractivity contribution in [2.24, 2.45) is 0 Å². The van der Waals surface area contributed by atoms with Crippen molar-refractivity contribution < 1.29 is 8.42 Å². The van der Waals surface area contributed by atoms with Crippen LogP contribution in [0.4, 0.5) is 0 Å². The van der Waals surface area contributed by atoms with Crippen molar-refractivity contribution in [3.8, 4) is 0 Å². The Bertz CT molecular complexity index is 761. The van der Waals surface area contributed by atoms with Gasteiger partial charge in [0.2, 0.25) is 10.0 Å². The highest BCUT2D eigenvalue weighted by atomic mass is 35.5. The molecule has 0 fully saturated rings. The Morgan fingerprint density at radius 1 is 1.00 bits per heavy atom. The Balaban J connectivity index is 2.33. The number of halogens is 3. The molecule has 0 unspecified atom stereocenters. The zero-order valence-corrected chi connectivity index (χ0v) is 14.8. The molecule has 2 aromatic rings. The second kappa shape index (κ2) is 7.20. The van der Waals surface area contributed by atoms with Gasteiger partial charge in [0.15, 0.2) is 0 Å². The molecular formula is C15H14Cl3NO2S. The van der Waals surface area contributed by atoms with Crippen LogP contribution in [-0.4, -0.2) is 8.42 Å². The summed E-state index contributed by atoms with van der Waals surface area (Å²) in [5.41, 5.74) is 0.827. The van der Waals surface area contributed by atoms with Gasteiger partial charge in [0, 0.05) is 16.1 Å². The number of rotatable bonds is 5. The molecule has 0 bridgehead atoms. The molecule has 22 heavy (non-hydrogen) atoms. The van der Waals surface area contributed by atoms with E-state index in [0.717, 1.165) is 5.56 Å². The third-order valence-corrected chi connectivity index (χ3v) is 5.60. The molecule has 3 nitrogen and oxygen atoms in total. The van der Waals surface area contributed by atoms with Crippen LogP contribution in [-0.2, 0) is 10.0 Å². The molecule has 0 heterocycles. The summed E-state index contributed by atoms with van der Waals surface area (Å²) in [6.07, 6.45) is 0.582. The van der Waals surface area contributed by atoms with Crippen molar-refractivity contribution in [3.63, 3.8) is 0 Å². The molecule has 1 N–H and O–H groups in total. The lowest BCUT2D eigenvalue weighted by Crippen LogP contribution is -2.28. The Morgan fingerprint density at radius 3 is 2.18 bits per heavy atom. The number of hydrogen-bond donors (Lipinski definition) is 1. The molecule has 0 saturated carbocycles. The third kappa shape index (κ3) is 4.15. The largest absolute Gasteiger partial charge is 0.242 e. The van der Waals surface area contributed by atoms with Gasteiger partial charge in [-0.25, -0.2) is 13.1 Å². The molecule has 0 aliphatic heterocycles. The van der Waals surface area contributed by atoms with E-state index in [-0.39, 0.29) is 16.0 Å². The predicted molar refractivity (Wildman–Crippen MR) is 91.3 cm³/mol. The van der Waals surface area contributed by atoms with E-state index in [0.29, 0.717) is 16.5 Å². The van der Waals surface area contributed by atoms with Crippen molar-refractivity contribution in [1.29, 1.82) is 0 Å². The zero-order valence-electron chi connectivity index (χ0n) is 11.7. The SMILES string of the molecule is CC[C@H](NS(=O)(=O)c1cc(Cl)ccc1Cl)c1ccc(Cl)cc1. The average molecular weight is 379 g/mol. The van der Waals surface area contributed by atoms with E-state index in [1.165, 1.54) is 12.1 Å². The maximum Gasteiger partial charge on any atom is 0.242 e. The molecule has 0 amide bonds. The van der Waals surface area contributed by atoms with Crippen LogP contribution >= 0.6 is 34.8 Å². The van der Waals surface area contributed by atoms with Gasteiger partial charge < -0.3 is 0 Å². The molecule has 0 aliphatic rings. The first-order valence-corrected chi connectivity index (χ1v) is 9.18. The van der Waals surface area contributed by atoms with E-state index in [1.807, 2.05) is 6.92 Å². The van der Waals surface area contributed by atoms with Crippen LogP contribution in [0.1, 0.15) is 24.9 Å². The van der Waals surface area contributed by atoms with Gasteiger partial charge in [-0.15, -0.1) is 0 Å². The second-order valence-electron chi connectivity index (χ2n) is 4.71. The Hall–Kier alpha value is -0.780. The minimum atomic E-state index is -3.78. The zero-order chi connectivity index (χ0) is 16.3. The predicted octanol–water partition coefficient (Wildman–Crippen LogP) is 5.08. The maximum atomic E-state index is 12.5.